The van der Waals surface area contributed by atoms with Crippen molar-refractivity contribution in [1.29, 1.82) is 0 Å². The summed E-state index contributed by atoms with van der Waals surface area (Å²) in [5.41, 5.74) is 1.73. The van der Waals surface area contributed by atoms with Gasteiger partial charge in [-0.3, -0.25) is 4.79 Å². The van der Waals surface area contributed by atoms with Gasteiger partial charge in [-0.2, -0.15) is 0 Å². The molecule has 2 rings (SSSR count). The van der Waals surface area contributed by atoms with Crippen LogP contribution in [0.3, 0.4) is 0 Å². The number of alkyl carbamates (subject to hydrolysis) is 1. The van der Waals surface area contributed by atoms with Gasteiger partial charge in [-0.1, -0.05) is 60.7 Å². The van der Waals surface area contributed by atoms with Gasteiger partial charge in [-0.05, 0) is 17.5 Å². The van der Waals surface area contributed by atoms with Crippen LogP contribution in [-0.4, -0.2) is 24.4 Å². The normalized spacial score (nSPS) is 11.2. The number of benzene rings is 2. The zero-order valence-corrected chi connectivity index (χ0v) is 14.3. The molecule has 0 fully saturated rings. The molecule has 1 unspecified atom stereocenters. The van der Waals surface area contributed by atoms with E-state index < -0.39 is 18.1 Å². The van der Waals surface area contributed by atoms with Crippen LogP contribution in [0.25, 0.3) is 0 Å². The summed E-state index contributed by atoms with van der Waals surface area (Å²) < 4.78 is 10.2. The monoisotopic (exact) mass is 355 g/mol. The van der Waals surface area contributed by atoms with Gasteiger partial charge in [0, 0.05) is 6.42 Å². The van der Waals surface area contributed by atoms with Crippen molar-refractivity contribution < 1.29 is 23.9 Å². The molecule has 2 aromatic rings. The maximum Gasteiger partial charge on any atom is 0.408 e. The van der Waals surface area contributed by atoms with Gasteiger partial charge in [0.05, 0.1) is 6.04 Å². The minimum atomic E-state index is -0.803. The lowest BCUT2D eigenvalue weighted by Gasteiger charge is -2.13. The maximum atomic E-state index is 11.8. The van der Waals surface area contributed by atoms with Crippen molar-refractivity contribution >= 4 is 18.3 Å². The number of nitrogens with one attached hydrogen (secondary N) is 1. The number of hydrogen-bond acceptors (Lipinski definition) is 5. The van der Waals surface area contributed by atoms with Crippen LogP contribution in [0.1, 0.15) is 24.0 Å². The van der Waals surface area contributed by atoms with Crippen LogP contribution in [0, 0.1) is 0 Å². The molecule has 6 heteroatoms. The highest BCUT2D eigenvalue weighted by atomic mass is 16.5. The van der Waals surface area contributed by atoms with E-state index in [1.807, 2.05) is 60.7 Å². The van der Waals surface area contributed by atoms with Gasteiger partial charge in [-0.25, -0.2) is 4.79 Å². The second kappa shape index (κ2) is 10.7. The second-order valence-electron chi connectivity index (χ2n) is 5.63. The lowest BCUT2D eigenvalue weighted by molar-refractivity contribution is -0.145. The molecule has 0 bridgehead atoms. The van der Waals surface area contributed by atoms with E-state index in [9.17, 15) is 14.4 Å². The molecule has 0 saturated heterocycles. The Balaban J connectivity index is 1.66. The molecule has 2 aromatic carbocycles. The van der Waals surface area contributed by atoms with Crippen LogP contribution in [0.2, 0.25) is 0 Å². The first kappa shape index (κ1) is 19.2. The average Bonchev–Trinajstić information content (AvgIpc) is 2.69. The van der Waals surface area contributed by atoms with Crippen LogP contribution in [-0.2, 0) is 32.3 Å². The lowest BCUT2D eigenvalue weighted by Crippen LogP contribution is -2.36. The zero-order chi connectivity index (χ0) is 18.6. The molecule has 1 N–H and O–H groups in total. The fourth-order valence-corrected chi connectivity index (χ4v) is 2.17. The summed E-state index contributed by atoms with van der Waals surface area (Å²) in [5, 5.41) is 2.43. The van der Waals surface area contributed by atoms with Gasteiger partial charge in [0.25, 0.3) is 0 Å². The molecule has 1 amide bonds. The van der Waals surface area contributed by atoms with E-state index in [0.29, 0.717) is 6.29 Å². The Bertz CT molecular complexity index is 703. The van der Waals surface area contributed by atoms with Crippen molar-refractivity contribution in [2.75, 3.05) is 0 Å². The molecule has 0 aliphatic heterocycles. The second-order valence-corrected chi connectivity index (χ2v) is 5.63. The van der Waals surface area contributed by atoms with Crippen LogP contribution in [0.15, 0.2) is 60.7 Å². The van der Waals surface area contributed by atoms with Crippen molar-refractivity contribution in [2.45, 2.75) is 32.1 Å². The van der Waals surface area contributed by atoms with E-state index in [2.05, 4.69) is 5.32 Å². The molecule has 136 valence electrons. The first-order valence-corrected chi connectivity index (χ1v) is 8.29. The fraction of sp³-hybridized carbons (Fsp3) is 0.250. The molecule has 26 heavy (non-hydrogen) atoms. The van der Waals surface area contributed by atoms with Crippen LogP contribution >= 0.6 is 0 Å². The Kier molecular flexibility index (Phi) is 7.86. The molecule has 0 spiro atoms. The minimum Gasteiger partial charge on any atom is -0.461 e. The van der Waals surface area contributed by atoms with E-state index in [0.717, 1.165) is 11.1 Å². The Morgan fingerprint density at radius 1 is 0.885 bits per heavy atom. The van der Waals surface area contributed by atoms with Crippen molar-refractivity contribution in [2.24, 2.45) is 0 Å². The standard InChI is InChI=1S/C20H21NO5/c22-13-18(21-20(24)26-15-17-9-5-2-6-10-17)11-12-19(23)25-14-16-7-3-1-4-8-16/h1-10,13,18H,11-12,14-15H2,(H,21,24). The number of amides is 1. The fourth-order valence-electron chi connectivity index (χ4n) is 2.17. The molecule has 0 aliphatic carbocycles. The van der Waals surface area contributed by atoms with Gasteiger partial charge in [0.1, 0.15) is 19.5 Å². The predicted octanol–water partition coefficient (Wildman–Crippen LogP) is 3.00. The molecule has 6 nitrogen and oxygen atoms in total. The Morgan fingerprint density at radius 2 is 1.42 bits per heavy atom. The highest BCUT2D eigenvalue weighted by Gasteiger charge is 2.15. The SMILES string of the molecule is O=CC(CCC(=O)OCc1ccccc1)NC(=O)OCc1ccccc1. The molecule has 0 aliphatic rings. The van der Waals surface area contributed by atoms with Crippen molar-refractivity contribution in [1.82, 2.24) is 5.32 Å². The molecule has 0 aromatic heterocycles. The van der Waals surface area contributed by atoms with Gasteiger partial charge in [0.15, 0.2) is 0 Å². The largest absolute Gasteiger partial charge is 0.461 e. The Morgan fingerprint density at radius 3 is 1.96 bits per heavy atom. The van der Waals surface area contributed by atoms with Crippen molar-refractivity contribution in [3.05, 3.63) is 71.8 Å². The van der Waals surface area contributed by atoms with E-state index in [1.165, 1.54) is 0 Å². The van der Waals surface area contributed by atoms with E-state index in [-0.39, 0.29) is 26.1 Å². The third kappa shape index (κ3) is 7.17. The zero-order valence-electron chi connectivity index (χ0n) is 14.3. The highest BCUT2D eigenvalue weighted by molar-refractivity contribution is 5.74. The van der Waals surface area contributed by atoms with Gasteiger partial charge in [-0.15, -0.1) is 0 Å². The van der Waals surface area contributed by atoms with Crippen molar-refractivity contribution in [3.8, 4) is 0 Å². The van der Waals surface area contributed by atoms with Crippen LogP contribution < -0.4 is 5.32 Å². The first-order chi connectivity index (χ1) is 12.7. The number of esters is 1. The Hall–Kier alpha value is -3.15. The smallest absolute Gasteiger partial charge is 0.408 e. The molecular formula is C20H21NO5. The molecular weight excluding hydrogens is 334 g/mol. The van der Waals surface area contributed by atoms with Crippen LogP contribution in [0.4, 0.5) is 4.79 Å². The topological polar surface area (TPSA) is 81.7 Å². The van der Waals surface area contributed by atoms with E-state index in [4.69, 9.17) is 9.47 Å². The van der Waals surface area contributed by atoms with E-state index in [1.54, 1.807) is 0 Å². The minimum absolute atomic E-state index is 0.0230. The third-order valence-corrected chi connectivity index (χ3v) is 3.58. The summed E-state index contributed by atoms with van der Waals surface area (Å²) in [7, 11) is 0. The summed E-state index contributed by atoms with van der Waals surface area (Å²) >= 11 is 0. The maximum absolute atomic E-state index is 11.8. The summed E-state index contributed by atoms with van der Waals surface area (Å²) in [6, 6.07) is 17.7. The summed E-state index contributed by atoms with van der Waals surface area (Å²) in [6.45, 7) is 0.287. The number of hydrogen-bond donors (Lipinski definition) is 1. The van der Waals surface area contributed by atoms with Crippen molar-refractivity contribution in [3.63, 3.8) is 0 Å². The van der Waals surface area contributed by atoms with Gasteiger partial charge >= 0.3 is 12.1 Å². The number of ether oxygens (including phenoxy) is 2. The number of aldehydes is 1. The average molecular weight is 355 g/mol. The Labute approximate surface area is 152 Å². The quantitative estimate of drug-likeness (QED) is 0.552. The highest BCUT2D eigenvalue weighted by Crippen LogP contribution is 2.05. The molecule has 0 heterocycles. The summed E-state index contributed by atoms with van der Waals surface area (Å²) in [6.07, 6.45) is 0.0460. The third-order valence-electron chi connectivity index (χ3n) is 3.58. The number of carbonyl (C=O) groups excluding carboxylic acids is 3. The summed E-state index contributed by atoms with van der Waals surface area (Å²) in [4.78, 5) is 34.6. The molecule has 0 saturated carbocycles. The predicted molar refractivity (Wildman–Crippen MR) is 95.1 cm³/mol. The first-order valence-electron chi connectivity index (χ1n) is 8.29. The molecule has 0 radical (unpaired) electrons. The van der Waals surface area contributed by atoms with Gasteiger partial charge < -0.3 is 19.6 Å². The number of rotatable bonds is 9. The van der Waals surface area contributed by atoms with Crippen LogP contribution in [0.5, 0.6) is 0 Å². The lowest BCUT2D eigenvalue weighted by atomic mass is 10.2. The van der Waals surface area contributed by atoms with Gasteiger partial charge in [0.2, 0.25) is 0 Å². The van der Waals surface area contributed by atoms with E-state index >= 15 is 0 Å². The summed E-state index contributed by atoms with van der Waals surface area (Å²) in [5.74, 6) is -0.430. The molecule has 1 atom stereocenters. The number of carbonyl (C=O) groups is 3.